The Morgan fingerprint density at radius 2 is 2.29 bits per heavy atom. The van der Waals surface area contributed by atoms with E-state index in [2.05, 4.69) is 4.74 Å². The zero-order valence-electron chi connectivity index (χ0n) is 9.86. The third-order valence-corrected chi connectivity index (χ3v) is 2.52. The van der Waals surface area contributed by atoms with Crippen molar-refractivity contribution in [2.75, 3.05) is 26.4 Å². The van der Waals surface area contributed by atoms with Crippen LogP contribution in [0.2, 0.25) is 0 Å². The number of rotatable bonds is 5. The number of ether oxygens (including phenoxy) is 2. The van der Waals surface area contributed by atoms with Crippen molar-refractivity contribution in [1.29, 1.82) is 0 Å². The lowest BCUT2D eigenvalue weighted by Gasteiger charge is -2.41. The first-order valence-electron chi connectivity index (χ1n) is 5.39. The Bertz CT molecular complexity index is 273. The van der Waals surface area contributed by atoms with Crippen LogP contribution in [-0.2, 0) is 14.3 Å². The average molecular weight is 253 g/mol. The summed E-state index contributed by atoms with van der Waals surface area (Å²) in [6.45, 7) is 2.58. The monoisotopic (exact) mass is 253 g/mol. The quantitative estimate of drug-likeness (QED) is 0.785. The van der Waals surface area contributed by atoms with Gasteiger partial charge in [0.1, 0.15) is 6.61 Å². The van der Waals surface area contributed by atoms with E-state index >= 15 is 0 Å². The predicted octanol–water partition coefficient (Wildman–Crippen LogP) is 0.790. The molecule has 1 fully saturated rings. The molecule has 0 aliphatic carbocycles. The van der Waals surface area contributed by atoms with Gasteiger partial charge >= 0.3 is 12.1 Å². The largest absolute Gasteiger partial charge is 0.480 e. The summed E-state index contributed by atoms with van der Waals surface area (Å²) in [6, 6.07) is -0.419. The Morgan fingerprint density at radius 3 is 2.82 bits per heavy atom. The Balaban J connectivity index is 2.49. The molecule has 1 atom stereocenters. The van der Waals surface area contributed by atoms with Crippen LogP contribution < -0.4 is 0 Å². The maximum atomic E-state index is 13.0. The smallest absolute Gasteiger partial charge is 0.368 e. The van der Waals surface area contributed by atoms with E-state index < -0.39 is 25.2 Å². The van der Waals surface area contributed by atoms with E-state index in [9.17, 15) is 13.6 Å². The zero-order valence-corrected chi connectivity index (χ0v) is 9.86. The molecule has 0 amide bonds. The lowest BCUT2D eigenvalue weighted by Crippen LogP contribution is -2.56. The van der Waals surface area contributed by atoms with Crippen molar-refractivity contribution < 1.29 is 28.2 Å². The summed E-state index contributed by atoms with van der Waals surface area (Å²) in [5.74, 6) is -1.08. The molecule has 100 valence electrons. The summed E-state index contributed by atoms with van der Waals surface area (Å²) in [6.07, 6.45) is -3.15. The lowest BCUT2D eigenvalue weighted by molar-refractivity contribution is -0.288. The van der Waals surface area contributed by atoms with Crippen LogP contribution in [0.5, 0.6) is 0 Å². The minimum absolute atomic E-state index is 0.0700. The molecular formula is C10H17F2NO4. The van der Waals surface area contributed by atoms with Crippen LogP contribution in [0.1, 0.15) is 13.8 Å². The van der Waals surface area contributed by atoms with Gasteiger partial charge in [0.2, 0.25) is 0 Å². The van der Waals surface area contributed by atoms with E-state index in [-0.39, 0.29) is 25.3 Å². The molecule has 0 spiro atoms. The molecule has 0 bridgehead atoms. The molecule has 0 aromatic heterocycles. The molecule has 0 aromatic carbocycles. The summed E-state index contributed by atoms with van der Waals surface area (Å²) >= 11 is 0. The summed E-state index contributed by atoms with van der Waals surface area (Å²) in [4.78, 5) is 11.8. The molecule has 0 saturated carbocycles. The zero-order chi connectivity index (χ0) is 13.1. The highest BCUT2D eigenvalue weighted by molar-refractivity contribution is 5.67. The number of carboxylic acid groups (broad SMARTS) is 1. The third kappa shape index (κ3) is 4.53. The standard InChI is InChI=1S/C10H17F2NO4/c1-7(2)13-6-10(11,12)17-4-8(13)3-16-5-9(14)15/h7-8H,3-6H2,1-2H3,(H,14,15). The number of alkyl halides is 2. The molecule has 1 saturated heterocycles. The van der Waals surface area contributed by atoms with Crippen molar-refractivity contribution in [2.24, 2.45) is 0 Å². The number of carbonyl (C=O) groups is 1. The van der Waals surface area contributed by atoms with E-state index in [0.29, 0.717) is 0 Å². The number of carboxylic acids is 1. The second-order valence-corrected chi connectivity index (χ2v) is 4.28. The van der Waals surface area contributed by atoms with Crippen LogP contribution in [0, 0.1) is 0 Å². The first-order valence-corrected chi connectivity index (χ1v) is 5.39. The Morgan fingerprint density at radius 1 is 1.65 bits per heavy atom. The van der Waals surface area contributed by atoms with Crippen molar-refractivity contribution in [3.05, 3.63) is 0 Å². The summed E-state index contributed by atoms with van der Waals surface area (Å²) in [5.41, 5.74) is 0. The van der Waals surface area contributed by atoms with Gasteiger partial charge in [0.15, 0.2) is 0 Å². The van der Waals surface area contributed by atoms with Crippen molar-refractivity contribution in [2.45, 2.75) is 32.0 Å². The van der Waals surface area contributed by atoms with Gasteiger partial charge in [0.05, 0.1) is 25.8 Å². The molecule has 0 radical (unpaired) electrons. The van der Waals surface area contributed by atoms with Crippen LogP contribution in [0.15, 0.2) is 0 Å². The van der Waals surface area contributed by atoms with Crippen molar-refractivity contribution in [3.63, 3.8) is 0 Å². The highest BCUT2D eigenvalue weighted by Gasteiger charge is 2.42. The first-order chi connectivity index (χ1) is 7.82. The van der Waals surface area contributed by atoms with Crippen LogP contribution in [0.4, 0.5) is 8.78 Å². The van der Waals surface area contributed by atoms with Gasteiger partial charge in [-0.3, -0.25) is 4.90 Å². The first kappa shape index (κ1) is 14.3. The highest BCUT2D eigenvalue weighted by atomic mass is 19.3. The minimum Gasteiger partial charge on any atom is -0.480 e. The topological polar surface area (TPSA) is 59.0 Å². The van der Waals surface area contributed by atoms with Crippen LogP contribution in [0.25, 0.3) is 0 Å². The fourth-order valence-corrected chi connectivity index (χ4v) is 1.73. The number of halogens is 2. The normalized spacial score (nSPS) is 25.1. The van der Waals surface area contributed by atoms with Crippen molar-refractivity contribution >= 4 is 5.97 Å². The molecule has 1 rings (SSSR count). The highest BCUT2D eigenvalue weighted by Crippen LogP contribution is 2.26. The summed E-state index contributed by atoms with van der Waals surface area (Å²) < 4.78 is 35.4. The van der Waals surface area contributed by atoms with Crippen LogP contribution in [-0.4, -0.2) is 60.5 Å². The molecule has 0 aromatic rings. The molecule has 1 unspecified atom stereocenters. The maximum absolute atomic E-state index is 13.0. The van der Waals surface area contributed by atoms with Crippen molar-refractivity contribution in [3.8, 4) is 0 Å². The predicted molar refractivity (Wildman–Crippen MR) is 55.0 cm³/mol. The van der Waals surface area contributed by atoms with Gasteiger partial charge in [-0.25, -0.2) is 4.79 Å². The van der Waals surface area contributed by atoms with E-state index in [4.69, 9.17) is 9.84 Å². The number of morpholine rings is 1. The van der Waals surface area contributed by atoms with Gasteiger partial charge in [-0.1, -0.05) is 0 Å². The fourth-order valence-electron chi connectivity index (χ4n) is 1.73. The van der Waals surface area contributed by atoms with Gasteiger partial charge < -0.3 is 14.6 Å². The van der Waals surface area contributed by atoms with Gasteiger partial charge in [-0.15, -0.1) is 0 Å². The van der Waals surface area contributed by atoms with Crippen LogP contribution >= 0.6 is 0 Å². The molecule has 1 heterocycles. The van der Waals surface area contributed by atoms with Gasteiger partial charge in [0, 0.05) is 6.04 Å². The molecule has 17 heavy (non-hydrogen) atoms. The Hall–Kier alpha value is -0.790. The van der Waals surface area contributed by atoms with E-state index in [0.717, 1.165) is 0 Å². The number of hydrogen-bond acceptors (Lipinski definition) is 4. The molecule has 1 aliphatic heterocycles. The number of aliphatic carboxylic acids is 1. The van der Waals surface area contributed by atoms with Gasteiger partial charge in [0.25, 0.3) is 0 Å². The Kier molecular flexibility index (Phi) is 4.79. The minimum atomic E-state index is -3.15. The SMILES string of the molecule is CC(C)N1CC(F)(F)OCC1COCC(=O)O. The molecule has 5 nitrogen and oxygen atoms in total. The van der Waals surface area contributed by atoms with E-state index in [1.54, 1.807) is 18.7 Å². The summed E-state index contributed by atoms with van der Waals surface area (Å²) in [7, 11) is 0. The van der Waals surface area contributed by atoms with Gasteiger partial charge in [-0.2, -0.15) is 8.78 Å². The second kappa shape index (κ2) is 5.70. The number of nitrogens with zero attached hydrogens (tertiary/aromatic N) is 1. The second-order valence-electron chi connectivity index (χ2n) is 4.28. The van der Waals surface area contributed by atoms with Gasteiger partial charge in [-0.05, 0) is 13.8 Å². The van der Waals surface area contributed by atoms with E-state index in [1.165, 1.54) is 0 Å². The number of hydrogen-bond donors (Lipinski definition) is 1. The van der Waals surface area contributed by atoms with Crippen LogP contribution in [0.3, 0.4) is 0 Å². The average Bonchev–Trinajstić information content (AvgIpc) is 2.19. The molecular weight excluding hydrogens is 236 g/mol. The van der Waals surface area contributed by atoms with Crippen molar-refractivity contribution in [1.82, 2.24) is 4.90 Å². The van der Waals surface area contributed by atoms with E-state index in [1.807, 2.05) is 0 Å². The maximum Gasteiger partial charge on any atom is 0.368 e. The Labute approximate surface area is 98.3 Å². The summed E-state index contributed by atoms with van der Waals surface area (Å²) in [5, 5.41) is 8.41. The molecule has 1 aliphatic rings. The molecule has 1 N–H and O–H groups in total. The molecule has 7 heteroatoms. The lowest BCUT2D eigenvalue weighted by atomic mass is 10.2. The third-order valence-electron chi connectivity index (χ3n) is 2.52. The fraction of sp³-hybridized carbons (Fsp3) is 0.900.